The van der Waals surface area contributed by atoms with Gasteiger partial charge in [0.1, 0.15) is 5.52 Å². The van der Waals surface area contributed by atoms with Crippen LogP contribution in [-0.2, 0) is 16.6 Å². The lowest BCUT2D eigenvalue weighted by molar-refractivity contribution is -0.131. The van der Waals surface area contributed by atoms with Crippen LogP contribution in [0.25, 0.3) is 10.9 Å². The monoisotopic (exact) mass is 272 g/mol. The van der Waals surface area contributed by atoms with Crippen molar-refractivity contribution in [2.75, 3.05) is 18.4 Å². The van der Waals surface area contributed by atoms with E-state index >= 15 is 0 Å². The van der Waals surface area contributed by atoms with Crippen molar-refractivity contribution in [1.82, 2.24) is 14.7 Å². The topological polar surface area (TPSA) is 67.2 Å². The van der Waals surface area contributed by atoms with E-state index in [0.29, 0.717) is 18.7 Å². The summed E-state index contributed by atoms with van der Waals surface area (Å²) in [5.41, 5.74) is 1.44. The number of anilines is 1. The molecule has 0 atom stereocenters. The highest BCUT2D eigenvalue weighted by atomic mass is 16.2. The number of amides is 2. The number of fused-ring (bicyclic) bond motifs is 1. The summed E-state index contributed by atoms with van der Waals surface area (Å²) in [7, 11) is 1.84. The van der Waals surface area contributed by atoms with Gasteiger partial charge in [-0.2, -0.15) is 5.10 Å². The molecule has 2 amide bonds. The van der Waals surface area contributed by atoms with Crippen LogP contribution in [-0.4, -0.2) is 39.6 Å². The van der Waals surface area contributed by atoms with Crippen molar-refractivity contribution in [3.8, 4) is 0 Å². The van der Waals surface area contributed by atoms with Crippen LogP contribution in [0.5, 0.6) is 0 Å². The summed E-state index contributed by atoms with van der Waals surface area (Å²) >= 11 is 0. The Labute approximate surface area is 116 Å². The highest BCUT2D eigenvalue weighted by molar-refractivity contribution is 6.01. The van der Waals surface area contributed by atoms with Gasteiger partial charge in [-0.25, -0.2) is 0 Å². The Morgan fingerprint density at radius 3 is 3.05 bits per heavy atom. The van der Waals surface area contributed by atoms with Gasteiger partial charge in [0.15, 0.2) is 0 Å². The maximum Gasteiger partial charge on any atom is 0.244 e. The number of aromatic nitrogens is 2. The average molecular weight is 272 g/mol. The third kappa shape index (κ3) is 2.36. The second-order valence-electron chi connectivity index (χ2n) is 5.01. The quantitative estimate of drug-likeness (QED) is 0.911. The zero-order valence-corrected chi connectivity index (χ0v) is 11.3. The van der Waals surface area contributed by atoms with E-state index in [1.165, 1.54) is 0 Å². The van der Waals surface area contributed by atoms with E-state index < -0.39 is 0 Å². The van der Waals surface area contributed by atoms with Crippen molar-refractivity contribution in [3.63, 3.8) is 0 Å². The van der Waals surface area contributed by atoms with Gasteiger partial charge in [0.25, 0.3) is 0 Å². The highest BCUT2D eigenvalue weighted by Crippen LogP contribution is 2.21. The molecule has 1 aromatic carbocycles. The van der Waals surface area contributed by atoms with E-state index in [1.807, 2.05) is 31.4 Å². The van der Waals surface area contributed by atoms with Crippen molar-refractivity contribution >= 4 is 28.4 Å². The first-order valence-corrected chi connectivity index (χ1v) is 6.63. The third-order valence-electron chi connectivity index (χ3n) is 3.43. The summed E-state index contributed by atoms with van der Waals surface area (Å²) in [5, 5.41) is 8.15. The Hall–Kier alpha value is -2.37. The lowest BCUT2D eigenvalue weighted by Gasteiger charge is -2.15. The molecular weight excluding hydrogens is 256 g/mol. The fourth-order valence-electron chi connectivity index (χ4n) is 2.50. The van der Waals surface area contributed by atoms with Gasteiger partial charge in [-0.1, -0.05) is 12.1 Å². The SMILES string of the molecule is Cn1cc2cccc(NC(=O)CN3CCCC3=O)c2n1. The molecule has 1 saturated heterocycles. The van der Waals surface area contributed by atoms with E-state index in [1.54, 1.807) is 9.58 Å². The Balaban J connectivity index is 1.75. The highest BCUT2D eigenvalue weighted by Gasteiger charge is 2.22. The summed E-state index contributed by atoms with van der Waals surface area (Å²) in [6, 6.07) is 5.64. The van der Waals surface area contributed by atoms with Crippen LogP contribution >= 0.6 is 0 Å². The summed E-state index contributed by atoms with van der Waals surface area (Å²) in [5.74, 6) is -0.130. The standard InChI is InChI=1S/C14H16N4O2/c1-17-8-10-4-2-5-11(14(10)16-17)15-12(19)9-18-7-3-6-13(18)20/h2,4-5,8H,3,6-7,9H2,1H3,(H,15,19). The van der Waals surface area contributed by atoms with Gasteiger partial charge in [-0.3, -0.25) is 14.3 Å². The van der Waals surface area contributed by atoms with Crippen LogP contribution in [0.4, 0.5) is 5.69 Å². The number of benzene rings is 1. The molecule has 6 nitrogen and oxygen atoms in total. The molecule has 0 radical (unpaired) electrons. The van der Waals surface area contributed by atoms with Crippen molar-refractivity contribution in [1.29, 1.82) is 0 Å². The van der Waals surface area contributed by atoms with Gasteiger partial charge in [-0.05, 0) is 12.5 Å². The lowest BCUT2D eigenvalue weighted by Crippen LogP contribution is -2.34. The molecule has 0 aliphatic carbocycles. The normalized spacial score (nSPS) is 15.1. The minimum Gasteiger partial charge on any atom is -0.333 e. The molecule has 1 aromatic heterocycles. The second kappa shape index (κ2) is 4.96. The van der Waals surface area contributed by atoms with Gasteiger partial charge >= 0.3 is 0 Å². The van der Waals surface area contributed by atoms with Gasteiger partial charge in [0, 0.05) is 31.6 Å². The number of hydrogen-bond donors (Lipinski definition) is 1. The van der Waals surface area contributed by atoms with Gasteiger partial charge < -0.3 is 10.2 Å². The molecule has 1 fully saturated rings. The smallest absolute Gasteiger partial charge is 0.244 e. The number of hydrogen-bond acceptors (Lipinski definition) is 3. The summed E-state index contributed by atoms with van der Waals surface area (Å²) in [6.07, 6.45) is 3.28. The molecule has 0 saturated carbocycles. The number of carbonyl (C=O) groups excluding carboxylic acids is 2. The molecule has 1 aliphatic heterocycles. The molecule has 2 heterocycles. The van der Waals surface area contributed by atoms with E-state index in [0.717, 1.165) is 17.3 Å². The van der Waals surface area contributed by atoms with Gasteiger partial charge in [-0.15, -0.1) is 0 Å². The van der Waals surface area contributed by atoms with Crippen molar-refractivity contribution < 1.29 is 9.59 Å². The van der Waals surface area contributed by atoms with Crippen LogP contribution in [0.15, 0.2) is 24.4 Å². The van der Waals surface area contributed by atoms with Crippen LogP contribution < -0.4 is 5.32 Å². The number of carbonyl (C=O) groups is 2. The van der Waals surface area contributed by atoms with Crippen LogP contribution in [0, 0.1) is 0 Å². The second-order valence-corrected chi connectivity index (χ2v) is 5.01. The summed E-state index contributed by atoms with van der Waals surface area (Å²) in [6.45, 7) is 0.780. The fourth-order valence-corrected chi connectivity index (χ4v) is 2.50. The summed E-state index contributed by atoms with van der Waals surface area (Å²) < 4.78 is 1.71. The van der Waals surface area contributed by atoms with Crippen LogP contribution in [0.1, 0.15) is 12.8 Å². The average Bonchev–Trinajstić information content (AvgIpc) is 2.96. The molecule has 0 bridgehead atoms. The molecule has 0 spiro atoms. The number of rotatable bonds is 3. The first-order valence-electron chi connectivity index (χ1n) is 6.63. The van der Waals surface area contributed by atoms with E-state index in [9.17, 15) is 9.59 Å². The molecule has 1 aliphatic rings. The Morgan fingerprint density at radius 2 is 2.30 bits per heavy atom. The largest absolute Gasteiger partial charge is 0.333 e. The van der Waals surface area contributed by atoms with Crippen molar-refractivity contribution in [2.45, 2.75) is 12.8 Å². The minimum atomic E-state index is -0.182. The van der Waals surface area contributed by atoms with E-state index in [4.69, 9.17) is 0 Å². The zero-order chi connectivity index (χ0) is 14.1. The van der Waals surface area contributed by atoms with Crippen LogP contribution in [0.2, 0.25) is 0 Å². The Bertz CT molecular complexity index is 677. The third-order valence-corrected chi connectivity index (χ3v) is 3.43. The summed E-state index contributed by atoms with van der Waals surface area (Å²) in [4.78, 5) is 25.1. The molecule has 104 valence electrons. The predicted octanol–water partition coefficient (Wildman–Crippen LogP) is 1.13. The molecule has 2 aromatic rings. The molecule has 1 N–H and O–H groups in total. The predicted molar refractivity (Wildman–Crippen MR) is 75.2 cm³/mol. The molecule has 0 unspecified atom stereocenters. The maximum atomic E-state index is 12.0. The van der Waals surface area contributed by atoms with Gasteiger partial charge in [0.05, 0.1) is 12.2 Å². The molecule has 20 heavy (non-hydrogen) atoms. The molecular formula is C14H16N4O2. The number of nitrogens with one attached hydrogen (secondary N) is 1. The maximum absolute atomic E-state index is 12.0. The fraction of sp³-hybridized carbons (Fsp3) is 0.357. The number of nitrogens with zero attached hydrogens (tertiary/aromatic N) is 3. The lowest BCUT2D eigenvalue weighted by atomic mass is 10.2. The number of aryl methyl sites for hydroxylation is 1. The van der Waals surface area contributed by atoms with Crippen molar-refractivity contribution in [2.24, 2.45) is 7.05 Å². The number of likely N-dealkylation sites (tertiary alicyclic amines) is 1. The zero-order valence-electron chi connectivity index (χ0n) is 11.3. The first-order chi connectivity index (χ1) is 9.63. The van der Waals surface area contributed by atoms with E-state index in [-0.39, 0.29) is 18.4 Å². The Kier molecular flexibility index (Phi) is 3.14. The molecule has 6 heteroatoms. The minimum absolute atomic E-state index is 0.0520. The van der Waals surface area contributed by atoms with Gasteiger partial charge in [0.2, 0.25) is 11.8 Å². The van der Waals surface area contributed by atoms with E-state index in [2.05, 4.69) is 10.4 Å². The van der Waals surface area contributed by atoms with Crippen LogP contribution in [0.3, 0.4) is 0 Å². The first kappa shape index (κ1) is 12.7. The van der Waals surface area contributed by atoms with Crippen molar-refractivity contribution in [3.05, 3.63) is 24.4 Å². The molecule has 3 rings (SSSR count). The Morgan fingerprint density at radius 1 is 1.45 bits per heavy atom.